The first-order chi connectivity index (χ1) is 14.2. The summed E-state index contributed by atoms with van der Waals surface area (Å²) in [6.07, 6.45) is 5.15. The smallest absolute Gasteiger partial charge is 0.261 e. The van der Waals surface area contributed by atoms with Crippen LogP contribution in [0.1, 0.15) is 22.0 Å². The minimum atomic E-state index is -0.101. The van der Waals surface area contributed by atoms with Crippen LogP contribution in [-0.4, -0.2) is 57.3 Å². The lowest BCUT2D eigenvalue weighted by molar-refractivity contribution is 0.249. The fraction of sp³-hybridized carbons (Fsp3) is 0.476. The molecule has 0 bridgehead atoms. The standard InChI is InChI=1S/C21H25N5O2S/c27-11-10-26-14-22-18-12-15(4-5-16(18)21(26)28)25-8-6-24(7-9-25)13-20-23-17-2-1-3-19(17)29-20/h4-5,12,14,27H,1-3,6-11,13H2. The van der Waals surface area contributed by atoms with Crippen LogP contribution in [0.5, 0.6) is 0 Å². The second kappa shape index (κ2) is 7.85. The summed E-state index contributed by atoms with van der Waals surface area (Å²) in [6.45, 7) is 5.08. The van der Waals surface area contributed by atoms with Crippen LogP contribution < -0.4 is 10.5 Å². The van der Waals surface area contributed by atoms with E-state index in [2.05, 4.69) is 14.8 Å². The van der Waals surface area contributed by atoms with Crippen molar-refractivity contribution < 1.29 is 5.11 Å². The Balaban J connectivity index is 1.25. The maximum Gasteiger partial charge on any atom is 0.261 e. The molecule has 2 aromatic heterocycles. The van der Waals surface area contributed by atoms with Crippen LogP contribution in [0.15, 0.2) is 29.3 Å². The monoisotopic (exact) mass is 411 g/mol. The zero-order valence-corrected chi connectivity index (χ0v) is 17.2. The van der Waals surface area contributed by atoms with E-state index in [1.165, 1.54) is 39.3 Å². The molecule has 0 radical (unpaired) electrons. The number of benzene rings is 1. The highest BCUT2D eigenvalue weighted by molar-refractivity contribution is 7.11. The molecule has 5 rings (SSSR count). The maximum absolute atomic E-state index is 12.5. The number of piperazine rings is 1. The predicted molar refractivity (Wildman–Crippen MR) is 115 cm³/mol. The summed E-state index contributed by atoms with van der Waals surface area (Å²) < 4.78 is 1.45. The van der Waals surface area contributed by atoms with Crippen LogP contribution in [0.2, 0.25) is 0 Å². The molecule has 29 heavy (non-hydrogen) atoms. The first-order valence-electron chi connectivity index (χ1n) is 10.3. The van der Waals surface area contributed by atoms with Gasteiger partial charge in [0.1, 0.15) is 5.01 Å². The SMILES string of the molecule is O=c1c2ccc(N3CCN(Cc4nc5c(s4)CCC5)CC3)cc2ncn1CCO. The highest BCUT2D eigenvalue weighted by Crippen LogP contribution is 2.28. The molecule has 1 aromatic carbocycles. The van der Waals surface area contributed by atoms with Crippen molar-refractivity contribution >= 4 is 27.9 Å². The molecular weight excluding hydrogens is 386 g/mol. The molecule has 152 valence electrons. The molecule has 0 unspecified atom stereocenters. The minimum Gasteiger partial charge on any atom is -0.395 e. The number of nitrogens with zero attached hydrogens (tertiary/aromatic N) is 5. The van der Waals surface area contributed by atoms with Gasteiger partial charge in [-0.25, -0.2) is 9.97 Å². The molecule has 1 aliphatic heterocycles. The third-order valence-electron chi connectivity index (χ3n) is 5.89. The Morgan fingerprint density at radius 3 is 2.79 bits per heavy atom. The molecule has 0 amide bonds. The number of aryl methyl sites for hydroxylation is 2. The van der Waals surface area contributed by atoms with Gasteiger partial charge in [-0.2, -0.15) is 0 Å². The van der Waals surface area contributed by atoms with Crippen LogP contribution in [0.25, 0.3) is 10.9 Å². The van der Waals surface area contributed by atoms with E-state index in [0.29, 0.717) is 10.9 Å². The van der Waals surface area contributed by atoms with Gasteiger partial charge in [0, 0.05) is 36.7 Å². The van der Waals surface area contributed by atoms with Crippen LogP contribution in [0, 0.1) is 0 Å². The van der Waals surface area contributed by atoms with Gasteiger partial charge in [0.25, 0.3) is 5.56 Å². The molecule has 8 heteroatoms. The summed E-state index contributed by atoms with van der Waals surface area (Å²) in [6, 6.07) is 5.87. The lowest BCUT2D eigenvalue weighted by atomic mass is 10.2. The van der Waals surface area contributed by atoms with E-state index in [9.17, 15) is 4.79 Å². The quantitative estimate of drug-likeness (QED) is 0.688. The number of hydrogen-bond donors (Lipinski definition) is 1. The van der Waals surface area contributed by atoms with Crippen LogP contribution >= 0.6 is 11.3 Å². The summed E-state index contributed by atoms with van der Waals surface area (Å²) in [5.41, 5.74) is 3.06. The third kappa shape index (κ3) is 3.68. The molecular formula is C21H25N5O2S. The lowest BCUT2D eigenvalue weighted by Gasteiger charge is -2.35. The van der Waals surface area contributed by atoms with Gasteiger partial charge in [-0.05, 0) is 37.5 Å². The Kier molecular flexibility index (Phi) is 5.07. The van der Waals surface area contributed by atoms with Gasteiger partial charge in [-0.1, -0.05) is 0 Å². The normalized spacial score (nSPS) is 17.2. The number of fused-ring (bicyclic) bond motifs is 2. The highest BCUT2D eigenvalue weighted by Gasteiger charge is 2.21. The first-order valence-corrected chi connectivity index (χ1v) is 11.1. The van der Waals surface area contributed by atoms with E-state index in [1.54, 1.807) is 0 Å². The van der Waals surface area contributed by atoms with Crippen molar-refractivity contribution in [1.82, 2.24) is 19.4 Å². The Bertz CT molecular complexity index is 1060. The molecule has 7 nitrogen and oxygen atoms in total. The van der Waals surface area contributed by atoms with Crippen LogP contribution in [-0.2, 0) is 25.9 Å². The van der Waals surface area contributed by atoms with E-state index in [-0.39, 0.29) is 18.7 Å². The second-order valence-corrected chi connectivity index (χ2v) is 8.93. The third-order valence-corrected chi connectivity index (χ3v) is 7.03. The number of aliphatic hydroxyl groups is 1. The van der Waals surface area contributed by atoms with Crippen molar-refractivity contribution in [2.24, 2.45) is 0 Å². The van der Waals surface area contributed by atoms with E-state index in [0.717, 1.165) is 44.8 Å². The second-order valence-electron chi connectivity index (χ2n) is 7.76. The van der Waals surface area contributed by atoms with E-state index >= 15 is 0 Å². The molecule has 0 saturated carbocycles. The van der Waals surface area contributed by atoms with Gasteiger partial charge >= 0.3 is 0 Å². The van der Waals surface area contributed by atoms with Gasteiger partial charge in [0.05, 0.1) is 42.6 Å². The minimum absolute atomic E-state index is 0.0704. The zero-order valence-electron chi connectivity index (χ0n) is 16.4. The average molecular weight is 412 g/mol. The molecule has 0 atom stereocenters. The molecule has 1 saturated heterocycles. The Labute approximate surface area is 173 Å². The lowest BCUT2D eigenvalue weighted by Crippen LogP contribution is -2.46. The molecule has 2 aliphatic rings. The molecule has 1 N–H and O–H groups in total. The van der Waals surface area contributed by atoms with Crippen molar-refractivity contribution in [2.45, 2.75) is 32.4 Å². The van der Waals surface area contributed by atoms with Gasteiger partial charge in [-0.15, -0.1) is 11.3 Å². The van der Waals surface area contributed by atoms with E-state index < -0.39 is 0 Å². The van der Waals surface area contributed by atoms with Gasteiger partial charge in [0.2, 0.25) is 0 Å². The van der Waals surface area contributed by atoms with Gasteiger partial charge in [-0.3, -0.25) is 14.3 Å². The zero-order chi connectivity index (χ0) is 19.8. The summed E-state index contributed by atoms with van der Waals surface area (Å²) in [5, 5.41) is 10.9. The molecule has 3 aromatic rings. The predicted octanol–water partition coefficient (Wildman–Crippen LogP) is 1.66. The number of anilines is 1. The van der Waals surface area contributed by atoms with Gasteiger partial charge in [0.15, 0.2) is 0 Å². The first kappa shape index (κ1) is 18.7. The Hall–Kier alpha value is -2.29. The number of aromatic nitrogens is 3. The summed E-state index contributed by atoms with van der Waals surface area (Å²) in [5.74, 6) is 0. The summed E-state index contributed by atoms with van der Waals surface area (Å²) in [7, 11) is 0. The number of hydrogen-bond acceptors (Lipinski definition) is 7. The van der Waals surface area contributed by atoms with Crippen molar-refractivity contribution in [3.8, 4) is 0 Å². The number of aliphatic hydroxyl groups excluding tert-OH is 1. The molecule has 3 heterocycles. The van der Waals surface area contributed by atoms with Crippen molar-refractivity contribution in [1.29, 1.82) is 0 Å². The summed E-state index contributed by atoms with van der Waals surface area (Å²) in [4.78, 5) is 28.1. The number of thiazole rings is 1. The van der Waals surface area contributed by atoms with Crippen LogP contribution in [0.4, 0.5) is 5.69 Å². The van der Waals surface area contributed by atoms with Crippen molar-refractivity contribution in [3.05, 3.63) is 50.5 Å². The average Bonchev–Trinajstić information content (AvgIpc) is 3.32. The fourth-order valence-electron chi connectivity index (χ4n) is 4.28. The number of rotatable bonds is 5. The maximum atomic E-state index is 12.5. The van der Waals surface area contributed by atoms with Gasteiger partial charge < -0.3 is 10.0 Å². The largest absolute Gasteiger partial charge is 0.395 e. The van der Waals surface area contributed by atoms with Crippen LogP contribution in [0.3, 0.4) is 0 Å². The van der Waals surface area contributed by atoms with Crippen molar-refractivity contribution in [3.63, 3.8) is 0 Å². The van der Waals surface area contributed by atoms with Crippen molar-refractivity contribution in [2.75, 3.05) is 37.7 Å². The van der Waals surface area contributed by atoms with E-state index in [1.807, 2.05) is 29.5 Å². The van der Waals surface area contributed by atoms with E-state index in [4.69, 9.17) is 10.1 Å². The fourth-order valence-corrected chi connectivity index (χ4v) is 5.48. The Morgan fingerprint density at radius 2 is 2.00 bits per heavy atom. The Morgan fingerprint density at radius 1 is 1.14 bits per heavy atom. The summed E-state index contributed by atoms with van der Waals surface area (Å²) >= 11 is 1.90. The molecule has 0 spiro atoms. The topological polar surface area (TPSA) is 74.5 Å². The molecule has 1 fully saturated rings. The molecule has 1 aliphatic carbocycles. The highest BCUT2D eigenvalue weighted by atomic mass is 32.1.